The van der Waals surface area contributed by atoms with Gasteiger partial charge in [-0.1, -0.05) is 84.0 Å². The van der Waals surface area contributed by atoms with Crippen LogP contribution >= 0.6 is 0 Å². The monoisotopic (exact) mass is 298 g/mol. The summed E-state index contributed by atoms with van der Waals surface area (Å²) >= 11 is 0. The molecule has 0 unspecified atom stereocenters. The van der Waals surface area contributed by atoms with Crippen molar-refractivity contribution in [3.05, 3.63) is 12.3 Å². The van der Waals surface area contributed by atoms with Crippen molar-refractivity contribution < 1.29 is 9.84 Å². The number of aliphatic hydroxyl groups excluding tert-OH is 1. The third-order valence-electron chi connectivity index (χ3n) is 3.88. The lowest BCUT2D eigenvalue weighted by molar-refractivity contribution is 0.165. The van der Waals surface area contributed by atoms with Gasteiger partial charge in [0, 0.05) is 0 Å². The number of aliphatic hydroxyl groups is 1. The molecule has 0 amide bonds. The summed E-state index contributed by atoms with van der Waals surface area (Å²) in [4.78, 5) is 0. The second kappa shape index (κ2) is 19.5. The van der Waals surface area contributed by atoms with Crippen molar-refractivity contribution in [1.29, 1.82) is 0 Å². The number of hydrogen-bond donors (Lipinski definition) is 1. The fraction of sp³-hybridized carbons (Fsp3) is 0.895. The molecule has 0 aromatic heterocycles. The fourth-order valence-electron chi connectivity index (χ4n) is 2.54. The number of allylic oxidation sites excluding steroid dienone is 1. The van der Waals surface area contributed by atoms with Crippen LogP contribution in [0.1, 0.15) is 96.8 Å². The van der Waals surface area contributed by atoms with Crippen LogP contribution in [0.2, 0.25) is 0 Å². The number of unbranched alkanes of at least 4 members (excludes halogenated alkanes) is 13. The maximum atomic E-state index is 8.53. The zero-order valence-corrected chi connectivity index (χ0v) is 14.3. The third-order valence-corrected chi connectivity index (χ3v) is 3.88. The SMILES string of the molecule is CCCCCCCCCCCCCCCC=COCCO. The molecule has 0 aliphatic heterocycles. The molecule has 0 aromatic carbocycles. The molecule has 126 valence electrons. The van der Waals surface area contributed by atoms with E-state index in [9.17, 15) is 0 Å². The molecule has 0 atom stereocenters. The third kappa shape index (κ3) is 19.5. The average molecular weight is 299 g/mol. The minimum Gasteiger partial charge on any atom is -0.499 e. The first kappa shape index (κ1) is 20.5. The first-order valence-corrected chi connectivity index (χ1v) is 9.29. The van der Waals surface area contributed by atoms with Crippen LogP contribution < -0.4 is 0 Å². The molecule has 0 aromatic rings. The summed E-state index contributed by atoms with van der Waals surface area (Å²) in [5, 5.41) is 8.53. The Labute approximate surface area is 133 Å². The summed E-state index contributed by atoms with van der Waals surface area (Å²) in [6.07, 6.45) is 23.1. The van der Waals surface area contributed by atoms with Crippen molar-refractivity contribution in [3.63, 3.8) is 0 Å². The van der Waals surface area contributed by atoms with Gasteiger partial charge in [-0.25, -0.2) is 0 Å². The zero-order valence-electron chi connectivity index (χ0n) is 14.3. The Balaban J connectivity index is 2.98. The molecule has 0 radical (unpaired) electrons. The van der Waals surface area contributed by atoms with E-state index in [1.54, 1.807) is 6.26 Å². The minimum absolute atomic E-state index is 0.100. The molecule has 0 aliphatic rings. The Kier molecular flexibility index (Phi) is 19.0. The molecule has 0 saturated heterocycles. The highest BCUT2D eigenvalue weighted by molar-refractivity contribution is 4.73. The van der Waals surface area contributed by atoms with E-state index in [1.165, 1.54) is 83.5 Å². The van der Waals surface area contributed by atoms with E-state index in [0.29, 0.717) is 6.61 Å². The van der Waals surface area contributed by atoms with Crippen LogP contribution in [0.25, 0.3) is 0 Å². The minimum atomic E-state index is 0.100. The van der Waals surface area contributed by atoms with Gasteiger partial charge in [-0.3, -0.25) is 0 Å². The van der Waals surface area contributed by atoms with Gasteiger partial charge in [0.1, 0.15) is 6.61 Å². The molecule has 1 N–H and O–H groups in total. The highest BCUT2D eigenvalue weighted by atomic mass is 16.5. The van der Waals surface area contributed by atoms with Crippen LogP contribution in [-0.4, -0.2) is 18.3 Å². The molecule has 0 saturated carbocycles. The van der Waals surface area contributed by atoms with E-state index in [-0.39, 0.29) is 6.61 Å². The first-order valence-electron chi connectivity index (χ1n) is 9.29. The highest BCUT2D eigenvalue weighted by Gasteiger charge is 1.93. The number of ether oxygens (including phenoxy) is 1. The molecule has 0 bridgehead atoms. The summed E-state index contributed by atoms with van der Waals surface area (Å²) < 4.78 is 5.07. The molecule has 2 nitrogen and oxygen atoms in total. The summed E-state index contributed by atoms with van der Waals surface area (Å²) in [6.45, 7) is 2.79. The second-order valence-electron chi connectivity index (χ2n) is 6.00. The van der Waals surface area contributed by atoms with Gasteiger partial charge in [-0.05, 0) is 18.9 Å². The van der Waals surface area contributed by atoms with Crippen LogP contribution in [0.3, 0.4) is 0 Å². The van der Waals surface area contributed by atoms with E-state index in [0.717, 1.165) is 6.42 Å². The highest BCUT2D eigenvalue weighted by Crippen LogP contribution is 2.12. The molecule has 21 heavy (non-hydrogen) atoms. The van der Waals surface area contributed by atoms with Crippen molar-refractivity contribution in [3.8, 4) is 0 Å². The van der Waals surface area contributed by atoms with Gasteiger partial charge >= 0.3 is 0 Å². The quantitative estimate of drug-likeness (QED) is 0.264. The molecule has 2 heteroatoms. The van der Waals surface area contributed by atoms with Gasteiger partial charge in [0.25, 0.3) is 0 Å². The lowest BCUT2D eigenvalue weighted by Gasteiger charge is -2.02. The Hall–Kier alpha value is -0.500. The van der Waals surface area contributed by atoms with E-state index in [2.05, 4.69) is 13.0 Å². The molecular weight excluding hydrogens is 260 g/mol. The second-order valence-corrected chi connectivity index (χ2v) is 6.00. The summed E-state index contributed by atoms with van der Waals surface area (Å²) in [5.41, 5.74) is 0. The topological polar surface area (TPSA) is 29.5 Å². The Bertz CT molecular complexity index is 202. The number of rotatable bonds is 17. The lowest BCUT2D eigenvalue weighted by Crippen LogP contribution is -1.91. The van der Waals surface area contributed by atoms with Crippen LogP contribution in [0.15, 0.2) is 12.3 Å². The van der Waals surface area contributed by atoms with Crippen molar-refractivity contribution in [2.45, 2.75) is 96.8 Å². The van der Waals surface area contributed by atoms with E-state index < -0.39 is 0 Å². The van der Waals surface area contributed by atoms with Gasteiger partial charge in [0.15, 0.2) is 0 Å². The summed E-state index contributed by atoms with van der Waals surface area (Å²) in [5.74, 6) is 0. The first-order chi connectivity index (χ1) is 10.4. The predicted octanol–water partition coefficient (Wildman–Crippen LogP) is 5.99. The van der Waals surface area contributed by atoms with Gasteiger partial charge in [-0.15, -0.1) is 0 Å². The standard InChI is InChI=1S/C19H38O2/c1-2-3-4-5-6-7-8-9-10-11-12-13-14-15-16-18-21-19-17-20/h16,18,20H,2-15,17,19H2,1H3. The normalized spacial score (nSPS) is 11.3. The van der Waals surface area contributed by atoms with Crippen LogP contribution in [0.5, 0.6) is 0 Å². The van der Waals surface area contributed by atoms with Crippen molar-refractivity contribution in [2.75, 3.05) is 13.2 Å². The van der Waals surface area contributed by atoms with Gasteiger partial charge in [0.2, 0.25) is 0 Å². The zero-order chi connectivity index (χ0) is 15.4. The molecular formula is C19H38O2. The Morgan fingerprint density at radius 2 is 1.19 bits per heavy atom. The van der Waals surface area contributed by atoms with Gasteiger partial charge in [-0.2, -0.15) is 0 Å². The van der Waals surface area contributed by atoms with E-state index in [4.69, 9.17) is 9.84 Å². The predicted molar refractivity (Wildman–Crippen MR) is 92.5 cm³/mol. The van der Waals surface area contributed by atoms with Crippen molar-refractivity contribution in [1.82, 2.24) is 0 Å². The molecule has 0 fully saturated rings. The van der Waals surface area contributed by atoms with Crippen LogP contribution in [-0.2, 0) is 4.74 Å². The van der Waals surface area contributed by atoms with Crippen LogP contribution in [0.4, 0.5) is 0 Å². The van der Waals surface area contributed by atoms with Crippen molar-refractivity contribution >= 4 is 0 Å². The number of hydrogen-bond acceptors (Lipinski definition) is 2. The maximum absolute atomic E-state index is 8.53. The lowest BCUT2D eigenvalue weighted by atomic mass is 10.0. The van der Waals surface area contributed by atoms with Gasteiger partial charge in [0.05, 0.1) is 12.9 Å². The Morgan fingerprint density at radius 1 is 0.714 bits per heavy atom. The molecule has 0 aliphatic carbocycles. The fourth-order valence-corrected chi connectivity index (χ4v) is 2.54. The van der Waals surface area contributed by atoms with E-state index >= 15 is 0 Å². The van der Waals surface area contributed by atoms with Crippen LogP contribution in [0, 0.1) is 0 Å². The molecule has 0 heterocycles. The summed E-state index contributed by atoms with van der Waals surface area (Å²) in [6, 6.07) is 0. The maximum Gasteiger partial charge on any atom is 0.110 e. The van der Waals surface area contributed by atoms with Gasteiger partial charge < -0.3 is 9.84 Å². The summed E-state index contributed by atoms with van der Waals surface area (Å²) in [7, 11) is 0. The Morgan fingerprint density at radius 3 is 1.67 bits per heavy atom. The van der Waals surface area contributed by atoms with Crippen molar-refractivity contribution in [2.24, 2.45) is 0 Å². The molecule has 0 spiro atoms. The van der Waals surface area contributed by atoms with E-state index in [1.807, 2.05) is 0 Å². The molecule has 0 rings (SSSR count). The average Bonchev–Trinajstić information content (AvgIpc) is 2.50. The largest absolute Gasteiger partial charge is 0.499 e. The smallest absolute Gasteiger partial charge is 0.110 e.